The Morgan fingerprint density at radius 2 is 1.84 bits per heavy atom. The summed E-state index contributed by atoms with van der Waals surface area (Å²) in [4.78, 5) is 37.5. The molecule has 0 aliphatic rings. The second-order valence-corrected chi connectivity index (χ2v) is 7.25. The molecule has 0 saturated heterocycles. The van der Waals surface area contributed by atoms with E-state index >= 15 is 0 Å². The van der Waals surface area contributed by atoms with E-state index in [0.29, 0.717) is 0 Å². The van der Waals surface area contributed by atoms with Crippen molar-refractivity contribution in [2.75, 3.05) is 0 Å². The summed E-state index contributed by atoms with van der Waals surface area (Å²) in [6.07, 6.45) is 0. The molecule has 25 heavy (non-hydrogen) atoms. The summed E-state index contributed by atoms with van der Waals surface area (Å²) in [5.41, 5.74) is -2.44. The SMILES string of the molecule is O=C(O)c1cccc(S(=O)(=O)n2c(=O)[nH]c3cc(Cl)ccc3c2=O)c1. The second-order valence-electron chi connectivity index (χ2n) is 5.03. The van der Waals surface area contributed by atoms with E-state index in [4.69, 9.17) is 16.7 Å². The first-order valence-corrected chi connectivity index (χ1v) is 8.57. The van der Waals surface area contributed by atoms with E-state index in [9.17, 15) is 22.8 Å². The van der Waals surface area contributed by atoms with Gasteiger partial charge in [0.05, 0.1) is 21.4 Å². The number of carboxylic acids is 1. The molecule has 0 saturated carbocycles. The molecule has 0 fully saturated rings. The smallest absolute Gasteiger partial charge is 0.343 e. The highest BCUT2D eigenvalue weighted by Gasteiger charge is 2.24. The highest BCUT2D eigenvalue weighted by molar-refractivity contribution is 7.90. The molecular formula is C15H9ClN2O6S. The maximum absolute atomic E-state index is 12.7. The van der Waals surface area contributed by atoms with Gasteiger partial charge in [0, 0.05) is 5.02 Å². The monoisotopic (exact) mass is 380 g/mol. The van der Waals surface area contributed by atoms with E-state index in [0.717, 1.165) is 12.1 Å². The predicted molar refractivity (Wildman–Crippen MR) is 89.8 cm³/mol. The van der Waals surface area contributed by atoms with Gasteiger partial charge in [0.15, 0.2) is 0 Å². The van der Waals surface area contributed by atoms with Crippen LogP contribution in [0, 0.1) is 0 Å². The molecule has 3 aromatic rings. The molecule has 1 aromatic heterocycles. The van der Waals surface area contributed by atoms with Crippen LogP contribution in [0.3, 0.4) is 0 Å². The Morgan fingerprint density at radius 1 is 1.12 bits per heavy atom. The molecule has 8 nitrogen and oxygen atoms in total. The van der Waals surface area contributed by atoms with Crippen molar-refractivity contribution < 1.29 is 18.3 Å². The number of benzene rings is 2. The Balaban J connectivity index is 2.34. The van der Waals surface area contributed by atoms with Crippen LogP contribution in [0.25, 0.3) is 10.9 Å². The lowest BCUT2D eigenvalue weighted by Crippen LogP contribution is -2.40. The van der Waals surface area contributed by atoms with E-state index < -0.39 is 32.1 Å². The van der Waals surface area contributed by atoms with Crippen LogP contribution in [0.1, 0.15) is 10.4 Å². The molecule has 1 heterocycles. The zero-order valence-corrected chi connectivity index (χ0v) is 13.8. The second kappa shape index (κ2) is 5.87. The minimum Gasteiger partial charge on any atom is -0.478 e. The van der Waals surface area contributed by atoms with Crippen molar-refractivity contribution >= 4 is 38.5 Å². The number of H-pyrrole nitrogens is 1. The van der Waals surface area contributed by atoms with Gasteiger partial charge in [-0.05, 0) is 36.4 Å². The van der Waals surface area contributed by atoms with E-state index in [-0.39, 0.29) is 25.5 Å². The van der Waals surface area contributed by atoms with Gasteiger partial charge in [0.25, 0.3) is 15.6 Å². The molecule has 3 rings (SSSR count). The first-order valence-electron chi connectivity index (χ1n) is 6.75. The van der Waals surface area contributed by atoms with Crippen molar-refractivity contribution in [3.8, 4) is 0 Å². The van der Waals surface area contributed by atoms with Gasteiger partial charge >= 0.3 is 11.7 Å². The van der Waals surface area contributed by atoms with Gasteiger partial charge in [-0.25, -0.2) is 18.0 Å². The number of fused-ring (bicyclic) bond motifs is 1. The Bertz CT molecular complexity index is 1240. The van der Waals surface area contributed by atoms with Crippen LogP contribution in [0.2, 0.25) is 5.02 Å². The molecule has 0 aliphatic carbocycles. The Hall–Kier alpha value is -2.91. The standard InChI is InChI=1S/C15H9ClN2O6S/c16-9-4-5-11-12(7-9)17-15(22)18(13(11)19)25(23,24)10-3-1-2-8(6-10)14(20)21/h1-7H,(H,17,22)(H,20,21). The number of hydrogen-bond acceptors (Lipinski definition) is 5. The van der Waals surface area contributed by atoms with Crippen LogP contribution in [0.15, 0.2) is 56.9 Å². The highest BCUT2D eigenvalue weighted by Crippen LogP contribution is 2.16. The maximum Gasteiger partial charge on any atom is 0.343 e. The minimum atomic E-state index is -4.59. The van der Waals surface area contributed by atoms with Crippen molar-refractivity contribution in [2.45, 2.75) is 4.90 Å². The van der Waals surface area contributed by atoms with Crippen LogP contribution >= 0.6 is 11.6 Å². The highest BCUT2D eigenvalue weighted by atomic mass is 35.5. The fourth-order valence-electron chi connectivity index (χ4n) is 2.29. The summed E-state index contributed by atoms with van der Waals surface area (Å²) in [6, 6.07) is 8.35. The minimum absolute atomic E-state index is 0.0537. The number of aromatic amines is 1. The zero-order chi connectivity index (χ0) is 18.4. The van der Waals surface area contributed by atoms with E-state index in [1.165, 1.54) is 30.3 Å². The molecule has 128 valence electrons. The van der Waals surface area contributed by atoms with Gasteiger partial charge in [-0.2, -0.15) is 0 Å². The molecule has 0 radical (unpaired) electrons. The fourth-order valence-corrected chi connectivity index (χ4v) is 3.78. The Morgan fingerprint density at radius 3 is 2.52 bits per heavy atom. The number of aromatic nitrogens is 2. The van der Waals surface area contributed by atoms with E-state index in [1.54, 1.807) is 0 Å². The van der Waals surface area contributed by atoms with Gasteiger partial charge in [0.1, 0.15) is 0 Å². The number of halogens is 1. The molecule has 10 heteroatoms. The number of rotatable bonds is 3. The van der Waals surface area contributed by atoms with Crippen molar-refractivity contribution in [3.63, 3.8) is 0 Å². The number of hydrogen-bond donors (Lipinski definition) is 2. The average molecular weight is 381 g/mol. The average Bonchev–Trinajstić information content (AvgIpc) is 2.54. The first-order chi connectivity index (χ1) is 11.7. The first kappa shape index (κ1) is 16.9. The molecule has 0 bridgehead atoms. The normalized spacial score (nSPS) is 11.6. The number of carboxylic acid groups (broad SMARTS) is 1. The van der Waals surface area contributed by atoms with Gasteiger partial charge in [0.2, 0.25) is 0 Å². The van der Waals surface area contributed by atoms with Gasteiger partial charge in [-0.15, -0.1) is 3.97 Å². The number of nitrogens with zero attached hydrogens (tertiary/aromatic N) is 1. The molecular weight excluding hydrogens is 372 g/mol. The fraction of sp³-hybridized carbons (Fsp3) is 0. The van der Waals surface area contributed by atoms with Crippen LogP contribution in [0.5, 0.6) is 0 Å². The lowest BCUT2D eigenvalue weighted by molar-refractivity contribution is 0.0696. The van der Waals surface area contributed by atoms with Crippen molar-refractivity contribution in [1.29, 1.82) is 0 Å². The van der Waals surface area contributed by atoms with Crippen LogP contribution in [-0.4, -0.2) is 28.5 Å². The van der Waals surface area contributed by atoms with Gasteiger partial charge in [-0.3, -0.25) is 4.79 Å². The summed E-state index contributed by atoms with van der Waals surface area (Å²) >= 11 is 5.79. The van der Waals surface area contributed by atoms with Gasteiger partial charge in [-0.1, -0.05) is 17.7 Å². The molecule has 2 aromatic carbocycles. The van der Waals surface area contributed by atoms with Crippen molar-refractivity contribution in [1.82, 2.24) is 8.96 Å². The van der Waals surface area contributed by atoms with Crippen molar-refractivity contribution in [2.24, 2.45) is 0 Å². The van der Waals surface area contributed by atoms with Gasteiger partial charge < -0.3 is 10.1 Å². The van der Waals surface area contributed by atoms with Crippen LogP contribution in [0.4, 0.5) is 0 Å². The number of carbonyl (C=O) groups is 1. The zero-order valence-electron chi connectivity index (χ0n) is 12.3. The van der Waals surface area contributed by atoms with E-state index in [2.05, 4.69) is 4.98 Å². The molecule has 2 N–H and O–H groups in total. The summed E-state index contributed by atoms with van der Waals surface area (Å²) in [5.74, 6) is -1.34. The third kappa shape index (κ3) is 2.83. The number of nitrogens with one attached hydrogen (secondary N) is 1. The lowest BCUT2D eigenvalue weighted by atomic mass is 10.2. The summed E-state index contributed by atoms with van der Waals surface area (Å²) in [6.45, 7) is 0. The van der Waals surface area contributed by atoms with Crippen LogP contribution in [-0.2, 0) is 10.0 Å². The summed E-state index contributed by atoms with van der Waals surface area (Å²) < 4.78 is 25.4. The summed E-state index contributed by atoms with van der Waals surface area (Å²) in [5, 5.41) is 9.19. The molecule has 0 amide bonds. The molecule has 0 unspecified atom stereocenters. The predicted octanol–water partition coefficient (Wildman–Crippen LogP) is 1.28. The lowest BCUT2D eigenvalue weighted by Gasteiger charge is -2.08. The third-order valence-electron chi connectivity index (χ3n) is 3.44. The molecule has 0 spiro atoms. The summed E-state index contributed by atoms with van der Waals surface area (Å²) in [7, 11) is -4.59. The Labute approximate surface area is 145 Å². The van der Waals surface area contributed by atoms with E-state index in [1.807, 2.05) is 0 Å². The maximum atomic E-state index is 12.7. The topological polar surface area (TPSA) is 126 Å². The Kier molecular flexibility index (Phi) is 3.97. The number of aromatic carboxylic acids is 1. The van der Waals surface area contributed by atoms with Crippen molar-refractivity contribution in [3.05, 3.63) is 73.9 Å². The largest absolute Gasteiger partial charge is 0.478 e. The molecule has 0 aliphatic heterocycles. The quantitative estimate of drug-likeness (QED) is 0.704. The third-order valence-corrected chi connectivity index (χ3v) is 5.34. The van der Waals surface area contributed by atoms with Crippen LogP contribution < -0.4 is 11.2 Å². The molecule has 0 atom stereocenters.